The number of likely N-dealkylation sites (N-methyl/N-ethyl adjacent to an activating group) is 1. The van der Waals surface area contributed by atoms with E-state index < -0.39 is 0 Å². The van der Waals surface area contributed by atoms with Crippen LogP contribution in [0.25, 0.3) is 10.9 Å². The van der Waals surface area contributed by atoms with E-state index in [-0.39, 0.29) is 5.75 Å². The molecule has 0 amide bonds. The van der Waals surface area contributed by atoms with Crippen LogP contribution in [0.1, 0.15) is 12.6 Å². The van der Waals surface area contributed by atoms with Crippen molar-refractivity contribution in [3.8, 4) is 5.75 Å². The van der Waals surface area contributed by atoms with E-state index in [4.69, 9.17) is 4.74 Å². The number of benzene rings is 1. The lowest BCUT2D eigenvalue weighted by molar-refractivity contribution is 0.0136. The van der Waals surface area contributed by atoms with Gasteiger partial charge in [0.15, 0.2) is 0 Å². The molecule has 5 heteroatoms. The van der Waals surface area contributed by atoms with Crippen molar-refractivity contribution in [1.82, 2.24) is 14.8 Å². The predicted octanol–water partition coefficient (Wildman–Crippen LogP) is 2.09. The molecule has 1 aromatic heterocycles. The maximum Gasteiger partial charge on any atom is 0.141 e. The largest absolute Gasteiger partial charge is 0.506 e. The molecule has 1 atom stereocenters. The number of nitrogens with zero attached hydrogens (tertiary/aromatic N) is 3. The quantitative estimate of drug-likeness (QED) is 0.915. The van der Waals surface area contributed by atoms with Crippen molar-refractivity contribution in [1.29, 1.82) is 0 Å². The Kier molecular flexibility index (Phi) is 5.10. The molecule has 0 saturated carbocycles. The number of ether oxygens (including phenoxy) is 1. The van der Waals surface area contributed by atoms with E-state index in [1.54, 1.807) is 6.07 Å². The third kappa shape index (κ3) is 3.99. The standard InChI is InChI=1S/C18H25N3O2/c1-14(21-8-10-23-11-9-21)12-20(2)13-16-7-6-15-4-3-5-17(22)18(15)19-16/h3-7,14,22H,8-13H2,1-2H3/t14-/m0/s1. The van der Waals surface area contributed by atoms with E-state index in [9.17, 15) is 5.11 Å². The van der Waals surface area contributed by atoms with E-state index in [1.165, 1.54) is 0 Å². The highest BCUT2D eigenvalue weighted by molar-refractivity contribution is 5.84. The molecule has 0 bridgehead atoms. The van der Waals surface area contributed by atoms with Crippen LogP contribution in [-0.2, 0) is 11.3 Å². The number of aromatic nitrogens is 1. The zero-order chi connectivity index (χ0) is 16.2. The third-order valence-electron chi connectivity index (χ3n) is 4.43. The van der Waals surface area contributed by atoms with E-state index in [1.807, 2.05) is 24.3 Å². The Hall–Kier alpha value is -1.69. The van der Waals surface area contributed by atoms with Crippen LogP contribution in [0.5, 0.6) is 5.75 Å². The lowest BCUT2D eigenvalue weighted by Crippen LogP contribution is -2.46. The first kappa shape index (κ1) is 16.2. The van der Waals surface area contributed by atoms with Crippen molar-refractivity contribution in [2.24, 2.45) is 0 Å². The molecule has 1 aromatic carbocycles. The van der Waals surface area contributed by atoms with Gasteiger partial charge in [-0.05, 0) is 26.1 Å². The summed E-state index contributed by atoms with van der Waals surface area (Å²) in [5, 5.41) is 10.9. The van der Waals surface area contributed by atoms with Gasteiger partial charge in [0.2, 0.25) is 0 Å². The van der Waals surface area contributed by atoms with Gasteiger partial charge in [0.1, 0.15) is 11.3 Å². The normalized spacial score (nSPS) is 17.7. The minimum atomic E-state index is 0.244. The Morgan fingerprint density at radius 2 is 2.04 bits per heavy atom. The average Bonchev–Trinajstić information content (AvgIpc) is 2.56. The number of hydrogen-bond donors (Lipinski definition) is 1. The molecule has 1 aliphatic rings. The molecule has 23 heavy (non-hydrogen) atoms. The molecule has 0 aliphatic carbocycles. The van der Waals surface area contributed by atoms with Gasteiger partial charge in [-0.1, -0.05) is 18.2 Å². The Labute approximate surface area is 137 Å². The van der Waals surface area contributed by atoms with E-state index in [2.05, 4.69) is 28.8 Å². The van der Waals surface area contributed by atoms with Crippen LogP contribution >= 0.6 is 0 Å². The van der Waals surface area contributed by atoms with Crippen LogP contribution in [0.3, 0.4) is 0 Å². The van der Waals surface area contributed by atoms with Crippen molar-refractivity contribution < 1.29 is 9.84 Å². The minimum absolute atomic E-state index is 0.244. The summed E-state index contributed by atoms with van der Waals surface area (Å²) in [5.41, 5.74) is 1.66. The number of rotatable bonds is 5. The minimum Gasteiger partial charge on any atom is -0.506 e. The zero-order valence-corrected chi connectivity index (χ0v) is 13.9. The van der Waals surface area contributed by atoms with Gasteiger partial charge >= 0.3 is 0 Å². The number of morpholine rings is 1. The summed E-state index contributed by atoms with van der Waals surface area (Å²) in [5.74, 6) is 0.244. The Morgan fingerprint density at radius 3 is 2.83 bits per heavy atom. The maximum absolute atomic E-state index is 9.95. The molecule has 3 rings (SSSR count). The average molecular weight is 315 g/mol. The molecule has 1 fully saturated rings. The molecule has 1 saturated heterocycles. The van der Waals surface area contributed by atoms with Gasteiger partial charge in [-0.15, -0.1) is 0 Å². The van der Waals surface area contributed by atoms with Crippen molar-refractivity contribution >= 4 is 10.9 Å². The molecular weight excluding hydrogens is 290 g/mol. The number of aromatic hydroxyl groups is 1. The fourth-order valence-corrected chi connectivity index (χ4v) is 3.19. The highest BCUT2D eigenvalue weighted by Gasteiger charge is 2.18. The summed E-state index contributed by atoms with van der Waals surface area (Å²) in [6, 6.07) is 10.1. The molecule has 0 radical (unpaired) electrons. The summed E-state index contributed by atoms with van der Waals surface area (Å²) in [6.45, 7) is 7.72. The fraction of sp³-hybridized carbons (Fsp3) is 0.500. The Bertz CT molecular complexity index is 656. The van der Waals surface area contributed by atoms with Gasteiger partial charge in [-0.2, -0.15) is 0 Å². The summed E-state index contributed by atoms with van der Waals surface area (Å²) < 4.78 is 5.41. The smallest absolute Gasteiger partial charge is 0.141 e. The number of phenolic OH excluding ortho intramolecular Hbond substituents is 1. The molecule has 1 aliphatic heterocycles. The molecule has 124 valence electrons. The topological polar surface area (TPSA) is 48.8 Å². The highest BCUT2D eigenvalue weighted by Crippen LogP contribution is 2.22. The summed E-state index contributed by atoms with van der Waals surface area (Å²) in [6.07, 6.45) is 0. The summed E-state index contributed by atoms with van der Waals surface area (Å²) in [7, 11) is 2.12. The maximum atomic E-state index is 9.95. The number of pyridine rings is 1. The van der Waals surface area contributed by atoms with E-state index >= 15 is 0 Å². The second-order valence-corrected chi connectivity index (χ2v) is 6.35. The number of fused-ring (bicyclic) bond motifs is 1. The number of hydrogen-bond acceptors (Lipinski definition) is 5. The third-order valence-corrected chi connectivity index (χ3v) is 4.43. The second kappa shape index (κ2) is 7.25. The van der Waals surface area contributed by atoms with Crippen molar-refractivity contribution in [2.75, 3.05) is 39.9 Å². The zero-order valence-electron chi connectivity index (χ0n) is 13.9. The number of para-hydroxylation sites is 1. The van der Waals surface area contributed by atoms with Gasteiger partial charge in [-0.25, -0.2) is 4.98 Å². The monoisotopic (exact) mass is 315 g/mol. The van der Waals surface area contributed by atoms with Crippen LogP contribution < -0.4 is 0 Å². The molecule has 2 heterocycles. The summed E-state index contributed by atoms with van der Waals surface area (Å²) >= 11 is 0. The van der Waals surface area contributed by atoms with Gasteiger partial charge < -0.3 is 9.84 Å². The van der Waals surface area contributed by atoms with Crippen molar-refractivity contribution in [2.45, 2.75) is 19.5 Å². The SMILES string of the molecule is C[C@@H](CN(C)Cc1ccc2cccc(O)c2n1)N1CCOCC1. The first-order valence-corrected chi connectivity index (χ1v) is 8.21. The second-order valence-electron chi connectivity index (χ2n) is 6.35. The van der Waals surface area contributed by atoms with Crippen LogP contribution in [0.4, 0.5) is 0 Å². The first-order chi connectivity index (χ1) is 11.1. The van der Waals surface area contributed by atoms with Gasteiger partial charge in [0.05, 0.1) is 18.9 Å². The molecule has 2 aromatic rings. The predicted molar refractivity (Wildman–Crippen MR) is 91.6 cm³/mol. The van der Waals surface area contributed by atoms with Crippen LogP contribution in [0, 0.1) is 0 Å². The Morgan fingerprint density at radius 1 is 1.26 bits per heavy atom. The van der Waals surface area contributed by atoms with Gasteiger partial charge in [-0.3, -0.25) is 9.80 Å². The molecule has 1 N–H and O–H groups in total. The molecule has 0 spiro atoms. The lowest BCUT2D eigenvalue weighted by atomic mass is 10.2. The van der Waals surface area contributed by atoms with Crippen molar-refractivity contribution in [3.63, 3.8) is 0 Å². The van der Waals surface area contributed by atoms with Crippen LogP contribution in [0.15, 0.2) is 30.3 Å². The number of phenols is 1. The molecule has 0 unspecified atom stereocenters. The molecule has 5 nitrogen and oxygen atoms in total. The van der Waals surface area contributed by atoms with Gasteiger partial charge in [0.25, 0.3) is 0 Å². The van der Waals surface area contributed by atoms with Gasteiger partial charge in [0, 0.05) is 37.6 Å². The summed E-state index contributed by atoms with van der Waals surface area (Å²) in [4.78, 5) is 9.37. The van der Waals surface area contributed by atoms with Crippen molar-refractivity contribution in [3.05, 3.63) is 36.0 Å². The van der Waals surface area contributed by atoms with Crippen LogP contribution in [0.2, 0.25) is 0 Å². The highest BCUT2D eigenvalue weighted by atomic mass is 16.5. The van der Waals surface area contributed by atoms with E-state index in [0.717, 1.165) is 50.5 Å². The lowest BCUT2D eigenvalue weighted by Gasteiger charge is -2.34. The molecular formula is C18H25N3O2. The van der Waals surface area contributed by atoms with E-state index in [0.29, 0.717) is 11.6 Å². The first-order valence-electron chi connectivity index (χ1n) is 8.21. The Balaban J connectivity index is 1.63. The van der Waals surface area contributed by atoms with Crippen LogP contribution in [-0.4, -0.2) is 65.8 Å². The fourth-order valence-electron chi connectivity index (χ4n) is 3.19.